The highest BCUT2D eigenvalue weighted by atomic mass is 32.2. The van der Waals surface area contributed by atoms with E-state index in [2.05, 4.69) is 168 Å². The van der Waals surface area contributed by atoms with Crippen LogP contribution in [0, 0.1) is 0 Å². The van der Waals surface area contributed by atoms with Crippen LogP contribution in [-0.4, -0.2) is 4.57 Å². The van der Waals surface area contributed by atoms with Gasteiger partial charge in [-0.3, -0.25) is 0 Å². The first-order chi connectivity index (χ1) is 22.8. The highest BCUT2D eigenvalue weighted by Gasteiger charge is 2.20. The number of fused-ring (bicyclic) bond motifs is 6. The summed E-state index contributed by atoms with van der Waals surface area (Å²) in [4.78, 5) is 2.67. The molecule has 8 aromatic carbocycles. The van der Waals surface area contributed by atoms with Crippen LogP contribution in [-0.2, 0) is 0 Å². The minimum absolute atomic E-state index is 1.17. The third-order valence-corrected chi connectivity index (χ3v) is 10.7. The van der Waals surface area contributed by atoms with Crippen LogP contribution in [0.3, 0.4) is 0 Å². The molecule has 1 aliphatic rings. The second-order valence-electron chi connectivity index (χ2n) is 12.1. The Morgan fingerprint density at radius 2 is 1.02 bits per heavy atom. The van der Waals surface area contributed by atoms with Crippen molar-refractivity contribution in [1.82, 2.24) is 4.57 Å². The Morgan fingerprint density at radius 3 is 1.87 bits per heavy atom. The summed E-state index contributed by atoms with van der Waals surface area (Å²) in [6.45, 7) is 0. The van der Waals surface area contributed by atoms with Crippen LogP contribution in [0.4, 0.5) is 0 Å². The zero-order valence-electron chi connectivity index (χ0n) is 24.9. The lowest BCUT2D eigenvalue weighted by atomic mass is 9.92. The van der Waals surface area contributed by atoms with E-state index in [0.717, 1.165) is 0 Å². The van der Waals surface area contributed by atoms with Crippen LogP contribution >= 0.6 is 11.8 Å². The van der Waals surface area contributed by atoms with Crippen LogP contribution < -0.4 is 0 Å². The molecule has 0 amide bonds. The third kappa shape index (κ3) is 3.84. The van der Waals surface area contributed by atoms with E-state index in [1.54, 1.807) is 0 Å². The molecule has 1 aliphatic heterocycles. The SMILES string of the molecule is c1ccc2c(c1)Sc1ccc(-c3ccc(-c4ccc(-n5c6ccccc6c6cc7ccccc7cc65)cc4)cc3)c3cccc-2c13. The van der Waals surface area contributed by atoms with Gasteiger partial charge in [-0.25, -0.2) is 0 Å². The molecule has 0 saturated heterocycles. The molecule has 0 aliphatic carbocycles. The van der Waals surface area contributed by atoms with Crippen LogP contribution in [0.25, 0.3) is 82.4 Å². The van der Waals surface area contributed by atoms with E-state index in [-0.39, 0.29) is 0 Å². The Balaban J connectivity index is 1.03. The molecule has 2 heteroatoms. The lowest BCUT2D eigenvalue weighted by Gasteiger charge is -2.21. The first kappa shape index (κ1) is 25.7. The van der Waals surface area contributed by atoms with Gasteiger partial charge >= 0.3 is 0 Å². The number of nitrogens with zero attached hydrogens (tertiary/aromatic N) is 1. The van der Waals surface area contributed by atoms with Crippen molar-refractivity contribution in [3.8, 4) is 39.1 Å². The molecule has 46 heavy (non-hydrogen) atoms. The van der Waals surface area contributed by atoms with Crippen LogP contribution in [0.5, 0.6) is 0 Å². The number of hydrogen-bond donors (Lipinski definition) is 0. The normalized spacial score (nSPS) is 12.3. The monoisotopic (exact) mass is 601 g/mol. The van der Waals surface area contributed by atoms with Gasteiger partial charge < -0.3 is 4.57 Å². The van der Waals surface area contributed by atoms with E-state index in [9.17, 15) is 0 Å². The molecule has 0 N–H and O–H groups in total. The molecule has 2 heterocycles. The lowest BCUT2D eigenvalue weighted by molar-refractivity contribution is 1.18. The molecule has 0 unspecified atom stereocenters. The average Bonchev–Trinajstić information content (AvgIpc) is 3.44. The Hall–Kier alpha value is -5.57. The average molecular weight is 602 g/mol. The third-order valence-electron chi connectivity index (χ3n) is 9.59. The van der Waals surface area contributed by atoms with E-state index < -0.39 is 0 Å². The summed E-state index contributed by atoms with van der Waals surface area (Å²) in [5.74, 6) is 0. The first-order valence-corrected chi connectivity index (χ1v) is 16.6. The zero-order valence-corrected chi connectivity index (χ0v) is 25.8. The van der Waals surface area contributed by atoms with Crippen LogP contribution in [0.15, 0.2) is 174 Å². The molecule has 214 valence electrons. The Bertz CT molecular complexity index is 2640. The molecule has 9 aromatic rings. The van der Waals surface area contributed by atoms with Crippen molar-refractivity contribution in [2.45, 2.75) is 9.79 Å². The van der Waals surface area contributed by atoms with Crippen molar-refractivity contribution in [2.24, 2.45) is 0 Å². The standard InChI is InChI=1S/C44H27NS/c1-2-9-32-27-41-39(26-31(32)8-1)35-10-3-5-14-40(35)45(41)33-22-20-29(21-23-33)28-16-18-30(19-17-28)34-24-25-43-44-37(34)12-7-13-38(44)36-11-4-6-15-42(36)46-43/h1-27H. The summed E-state index contributed by atoms with van der Waals surface area (Å²) in [7, 11) is 0. The molecule has 0 fully saturated rings. The van der Waals surface area contributed by atoms with E-state index in [4.69, 9.17) is 0 Å². The van der Waals surface area contributed by atoms with Crippen molar-refractivity contribution in [3.05, 3.63) is 164 Å². The van der Waals surface area contributed by atoms with Crippen LogP contribution in [0.1, 0.15) is 0 Å². The van der Waals surface area contributed by atoms with Gasteiger partial charge in [-0.2, -0.15) is 0 Å². The minimum atomic E-state index is 1.17. The minimum Gasteiger partial charge on any atom is -0.309 e. The van der Waals surface area contributed by atoms with Gasteiger partial charge in [0.2, 0.25) is 0 Å². The van der Waals surface area contributed by atoms with Gasteiger partial charge in [-0.15, -0.1) is 0 Å². The fraction of sp³-hybridized carbons (Fsp3) is 0. The molecular formula is C44H27NS. The van der Waals surface area contributed by atoms with Gasteiger partial charge in [0.1, 0.15) is 0 Å². The summed E-state index contributed by atoms with van der Waals surface area (Å²) >= 11 is 1.88. The van der Waals surface area contributed by atoms with E-state index >= 15 is 0 Å². The summed E-state index contributed by atoms with van der Waals surface area (Å²) in [6, 6.07) is 60.2. The van der Waals surface area contributed by atoms with Gasteiger partial charge in [0, 0.05) is 31.6 Å². The van der Waals surface area contributed by atoms with Crippen LogP contribution in [0.2, 0.25) is 0 Å². The van der Waals surface area contributed by atoms with E-state index in [0.29, 0.717) is 0 Å². The fourth-order valence-corrected chi connectivity index (χ4v) is 8.54. The first-order valence-electron chi connectivity index (χ1n) is 15.8. The van der Waals surface area contributed by atoms with E-state index in [1.165, 1.54) is 92.2 Å². The van der Waals surface area contributed by atoms with Crippen molar-refractivity contribution in [1.29, 1.82) is 0 Å². The summed E-state index contributed by atoms with van der Waals surface area (Å²) in [5, 5.41) is 7.78. The van der Waals surface area contributed by atoms with Gasteiger partial charge in [0.25, 0.3) is 0 Å². The highest BCUT2D eigenvalue weighted by molar-refractivity contribution is 7.99. The van der Waals surface area contributed by atoms with E-state index in [1.807, 2.05) is 11.8 Å². The lowest BCUT2D eigenvalue weighted by Crippen LogP contribution is -1.94. The van der Waals surface area contributed by atoms with Gasteiger partial charge in [0.05, 0.1) is 11.0 Å². The smallest absolute Gasteiger partial charge is 0.0547 e. The predicted octanol–water partition coefficient (Wildman–Crippen LogP) is 12.6. The van der Waals surface area contributed by atoms with Gasteiger partial charge in [0.15, 0.2) is 0 Å². The molecule has 0 radical (unpaired) electrons. The Morgan fingerprint density at radius 1 is 0.370 bits per heavy atom. The molecule has 0 atom stereocenters. The topological polar surface area (TPSA) is 4.93 Å². The predicted molar refractivity (Wildman–Crippen MR) is 196 cm³/mol. The summed E-state index contributed by atoms with van der Waals surface area (Å²) in [6.07, 6.45) is 0. The maximum Gasteiger partial charge on any atom is 0.0547 e. The molecule has 0 spiro atoms. The number of para-hydroxylation sites is 1. The number of benzene rings is 8. The number of hydrogen-bond acceptors (Lipinski definition) is 1. The van der Waals surface area contributed by atoms with Crippen molar-refractivity contribution >= 4 is 55.1 Å². The molecule has 10 rings (SSSR count). The Labute approximate surface area is 271 Å². The second kappa shape index (κ2) is 9.97. The Kier molecular flexibility index (Phi) is 5.58. The molecule has 0 bridgehead atoms. The highest BCUT2D eigenvalue weighted by Crippen LogP contribution is 2.49. The van der Waals surface area contributed by atoms with Crippen molar-refractivity contribution in [3.63, 3.8) is 0 Å². The van der Waals surface area contributed by atoms with Gasteiger partial charge in [-0.05, 0) is 92.0 Å². The fourth-order valence-electron chi connectivity index (χ4n) is 7.41. The maximum atomic E-state index is 2.40. The van der Waals surface area contributed by atoms with Crippen molar-refractivity contribution in [2.75, 3.05) is 0 Å². The number of rotatable bonds is 3. The quantitative estimate of drug-likeness (QED) is 0.195. The molecule has 1 nitrogen and oxygen atoms in total. The molecule has 0 saturated carbocycles. The summed E-state index contributed by atoms with van der Waals surface area (Å²) < 4.78 is 2.40. The number of aromatic nitrogens is 1. The maximum absolute atomic E-state index is 2.40. The van der Waals surface area contributed by atoms with Crippen molar-refractivity contribution < 1.29 is 0 Å². The summed E-state index contributed by atoms with van der Waals surface area (Å²) in [5.41, 5.74) is 11.2. The molecular weight excluding hydrogens is 575 g/mol. The molecule has 1 aromatic heterocycles. The van der Waals surface area contributed by atoms with Gasteiger partial charge in [-0.1, -0.05) is 133 Å². The largest absolute Gasteiger partial charge is 0.309 e. The zero-order chi connectivity index (χ0) is 30.2. The second-order valence-corrected chi connectivity index (χ2v) is 13.2.